The van der Waals surface area contributed by atoms with Crippen LogP contribution in [0.1, 0.15) is 38.9 Å². The summed E-state index contributed by atoms with van der Waals surface area (Å²) in [6.07, 6.45) is 0. The Morgan fingerprint density at radius 3 is 2.40 bits per heavy atom. The zero-order valence-electron chi connectivity index (χ0n) is 21.0. The number of ketones is 1. The van der Waals surface area contributed by atoms with Crippen molar-refractivity contribution in [2.24, 2.45) is 0 Å². The van der Waals surface area contributed by atoms with Crippen molar-refractivity contribution in [2.75, 3.05) is 48.5 Å². The van der Waals surface area contributed by atoms with Crippen LogP contribution in [0.2, 0.25) is 0 Å². The van der Waals surface area contributed by atoms with Crippen LogP contribution in [0, 0.1) is 13.8 Å². The first-order chi connectivity index (χ1) is 16.6. The Labute approximate surface area is 204 Å². The number of nitrogens with one attached hydrogen (secondary N) is 1. The monoisotopic (exact) mass is 485 g/mol. The number of hydrogen-bond acceptors (Lipinski definition) is 8. The highest BCUT2D eigenvalue weighted by atomic mass is 16.5. The lowest BCUT2D eigenvalue weighted by atomic mass is 9.93. The number of H-pyrrole nitrogens is 1. The van der Waals surface area contributed by atoms with Gasteiger partial charge in [-0.05, 0) is 51.7 Å². The van der Waals surface area contributed by atoms with Crippen molar-refractivity contribution in [3.63, 3.8) is 0 Å². The number of aliphatic hydroxyl groups is 1. The second kappa shape index (κ2) is 10.2. The van der Waals surface area contributed by atoms with E-state index in [-0.39, 0.29) is 29.1 Å². The molecule has 10 nitrogen and oxygen atoms in total. The Hall–Kier alpha value is -3.79. The molecule has 2 heterocycles. The number of aliphatic hydroxyl groups excluding tert-OH is 1. The maximum Gasteiger partial charge on any atom is 0.354 e. The molecule has 0 spiro atoms. The number of amides is 1. The number of methoxy groups -OCH3 is 3. The molecule has 1 aromatic heterocycles. The van der Waals surface area contributed by atoms with Gasteiger partial charge in [0.05, 0.1) is 32.9 Å². The number of aromatic nitrogens is 1. The van der Waals surface area contributed by atoms with Gasteiger partial charge in [0.15, 0.2) is 0 Å². The number of rotatable bonds is 8. The van der Waals surface area contributed by atoms with Crippen LogP contribution in [0.3, 0.4) is 0 Å². The summed E-state index contributed by atoms with van der Waals surface area (Å²) >= 11 is 0. The molecule has 1 aromatic carbocycles. The second-order valence-corrected chi connectivity index (χ2v) is 8.52. The highest BCUT2D eigenvalue weighted by Crippen LogP contribution is 2.44. The zero-order chi connectivity index (χ0) is 26.0. The molecule has 1 amide bonds. The maximum atomic E-state index is 13.3. The Bertz CT molecular complexity index is 1200. The van der Waals surface area contributed by atoms with E-state index in [1.165, 1.54) is 26.2 Å². The molecule has 0 saturated carbocycles. The normalized spacial score (nSPS) is 17.3. The van der Waals surface area contributed by atoms with Crippen molar-refractivity contribution < 1.29 is 33.7 Å². The van der Waals surface area contributed by atoms with Crippen LogP contribution in [0.4, 0.5) is 0 Å². The van der Waals surface area contributed by atoms with E-state index < -0.39 is 23.7 Å². The van der Waals surface area contributed by atoms with Gasteiger partial charge in [0, 0.05) is 29.9 Å². The standard InChI is InChI=1S/C25H31N3O7/c1-13-18(14(2)26-20(13)25(32)35-7)22(29)19-21(16-12-15(33-5)8-9-17(16)34-6)28(11-10-27(3)4)24(31)23(19)30/h8-9,12,21,26,29H,10-11H2,1-7H3/b22-19+/t21-/m0/s1. The van der Waals surface area contributed by atoms with Gasteiger partial charge < -0.3 is 34.1 Å². The molecule has 0 bridgehead atoms. The van der Waals surface area contributed by atoms with Gasteiger partial charge in [0.2, 0.25) is 0 Å². The van der Waals surface area contributed by atoms with E-state index in [1.54, 1.807) is 32.0 Å². The predicted molar refractivity (Wildman–Crippen MR) is 129 cm³/mol. The Morgan fingerprint density at radius 2 is 1.83 bits per heavy atom. The molecule has 3 rings (SSSR count). The Balaban J connectivity index is 2.31. The highest BCUT2D eigenvalue weighted by Gasteiger charge is 2.47. The van der Waals surface area contributed by atoms with Gasteiger partial charge in [-0.1, -0.05) is 0 Å². The van der Waals surface area contributed by atoms with E-state index in [4.69, 9.17) is 14.2 Å². The zero-order valence-corrected chi connectivity index (χ0v) is 21.0. The maximum absolute atomic E-state index is 13.3. The van der Waals surface area contributed by atoms with Crippen molar-refractivity contribution in [1.29, 1.82) is 0 Å². The van der Waals surface area contributed by atoms with Crippen molar-refractivity contribution in [3.05, 3.63) is 51.9 Å². The fraction of sp³-hybridized carbons (Fsp3) is 0.400. The van der Waals surface area contributed by atoms with Crippen LogP contribution in [-0.2, 0) is 14.3 Å². The lowest BCUT2D eigenvalue weighted by Crippen LogP contribution is -2.35. The lowest BCUT2D eigenvalue weighted by molar-refractivity contribution is -0.140. The SMILES string of the molecule is COC(=O)c1[nH]c(C)c(/C(O)=C2\C(=O)C(=O)N(CCN(C)C)[C@H]2c2cc(OC)ccc2OC)c1C. The first-order valence-corrected chi connectivity index (χ1v) is 11.0. The highest BCUT2D eigenvalue weighted by molar-refractivity contribution is 6.46. The average Bonchev–Trinajstić information content (AvgIpc) is 3.28. The van der Waals surface area contributed by atoms with Crippen LogP contribution in [-0.4, -0.2) is 86.1 Å². The van der Waals surface area contributed by atoms with Crippen molar-refractivity contribution in [1.82, 2.24) is 14.8 Å². The topological polar surface area (TPSA) is 121 Å². The number of benzene rings is 1. The van der Waals surface area contributed by atoms with E-state index in [0.29, 0.717) is 34.9 Å². The molecule has 1 atom stereocenters. The molecule has 0 aliphatic carbocycles. The van der Waals surface area contributed by atoms with Crippen LogP contribution in [0.5, 0.6) is 11.5 Å². The summed E-state index contributed by atoms with van der Waals surface area (Å²) in [5, 5.41) is 11.5. The average molecular weight is 486 g/mol. The molecular formula is C25H31N3O7. The fourth-order valence-corrected chi connectivity index (χ4v) is 4.34. The molecule has 1 aliphatic rings. The first kappa shape index (κ1) is 25.8. The molecule has 0 radical (unpaired) electrons. The Kier molecular flexibility index (Phi) is 7.54. The molecule has 1 saturated heterocycles. The molecule has 0 unspecified atom stereocenters. The number of carbonyl (C=O) groups is 3. The van der Waals surface area contributed by atoms with Gasteiger partial charge >= 0.3 is 5.97 Å². The number of aromatic amines is 1. The summed E-state index contributed by atoms with van der Waals surface area (Å²) in [5.74, 6) is -1.62. The number of hydrogen-bond donors (Lipinski definition) is 2. The second-order valence-electron chi connectivity index (χ2n) is 8.52. The van der Waals surface area contributed by atoms with E-state index in [1.807, 2.05) is 19.0 Å². The van der Waals surface area contributed by atoms with Crippen molar-refractivity contribution >= 4 is 23.4 Å². The minimum atomic E-state index is -0.935. The fourth-order valence-electron chi connectivity index (χ4n) is 4.34. The quantitative estimate of drug-likeness (QED) is 0.253. The predicted octanol–water partition coefficient (Wildman–Crippen LogP) is 2.42. The third-order valence-electron chi connectivity index (χ3n) is 6.12. The largest absolute Gasteiger partial charge is 0.507 e. The molecule has 10 heteroatoms. The van der Waals surface area contributed by atoms with E-state index in [2.05, 4.69) is 4.98 Å². The first-order valence-electron chi connectivity index (χ1n) is 11.0. The van der Waals surface area contributed by atoms with E-state index in [0.717, 1.165) is 0 Å². The van der Waals surface area contributed by atoms with E-state index in [9.17, 15) is 19.5 Å². The Morgan fingerprint density at radius 1 is 1.14 bits per heavy atom. The molecule has 1 fully saturated rings. The minimum Gasteiger partial charge on any atom is -0.507 e. The number of Topliss-reactive ketones (excluding diaryl/α,β-unsaturated/α-hetero) is 1. The third-order valence-corrected chi connectivity index (χ3v) is 6.12. The van der Waals surface area contributed by atoms with Crippen LogP contribution in [0.15, 0.2) is 23.8 Å². The smallest absolute Gasteiger partial charge is 0.354 e. The van der Waals surface area contributed by atoms with Crippen LogP contribution >= 0.6 is 0 Å². The van der Waals surface area contributed by atoms with Crippen LogP contribution in [0.25, 0.3) is 5.76 Å². The van der Waals surface area contributed by atoms with Gasteiger partial charge in [-0.2, -0.15) is 0 Å². The summed E-state index contributed by atoms with van der Waals surface area (Å²) in [7, 11) is 7.97. The minimum absolute atomic E-state index is 0.0954. The molecule has 188 valence electrons. The number of aryl methyl sites for hydroxylation is 1. The summed E-state index contributed by atoms with van der Waals surface area (Å²) in [6, 6.07) is 4.14. The summed E-state index contributed by atoms with van der Waals surface area (Å²) in [4.78, 5) is 44.9. The van der Waals surface area contributed by atoms with Gasteiger partial charge in [-0.3, -0.25) is 9.59 Å². The number of nitrogens with zero attached hydrogens (tertiary/aromatic N) is 2. The van der Waals surface area contributed by atoms with Gasteiger partial charge in [0.1, 0.15) is 23.0 Å². The number of likely N-dealkylation sites (tertiary alicyclic amines) is 1. The number of ether oxygens (including phenoxy) is 3. The number of esters is 1. The van der Waals surface area contributed by atoms with Crippen molar-refractivity contribution in [3.8, 4) is 11.5 Å². The number of likely N-dealkylation sites (N-methyl/N-ethyl adjacent to an activating group) is 1. The molecular weight excluding hydrogens is 454 g/mol. The summed E-state index contributed by atoms with van der Waals surface area (Å²) < 4.78 is 15.7. The van der Waals surface area contributed by atoms with Gasteiger partial charge in [-0.25, -0.2) is 4.79 Å². The van der Waals surface area contributed by atoms with Crippen LogP contribution < -0.4 is 9.47 Å². The molecule has 2 aromatic rings. The van der Waals surface area contributed by atoms with E-state index >= 15 is 0 Å². The van der Waals surface area contributed by atoms with Gasteiger partial charge in [0.25, 0.3) is 11.7 Å². The number of carbonyl (C=O) groups excluding carboxylic acids is 3. The third kappa shape index (κ3) is 4.61. The molecule has 2 N–H and O–H groups in total. The van der Waals surface area contributed by atoms with Crippen molar-refractivity contribution in [2.45, 2.75) is 19.9 Å². The summed E-state index contributed by atoms with van der Waals surface area (Å²) in [5.41, 5.74) is 1.68. The molecule has 35 heavy (non-hydrogen) atoms. The summed E-state index contributed by atoms with van der Waals surface area (Å²) in [6.45, 7) is 4.02. The molecule has 1 aliphatic heterocycles. The van der Waals surface area contributed by atoms with Gasteiger partial charge in [-0.15, -0.1) is 0 Å². The lowest BCUT2D eigenvalue weighted by Gasteiger charge is -2.28.